The number of nitrogens with zero attached hydrogens (tertiary/aromatic N) is 1. The summed E-state index contributed by atoms with van der Waals surface area (Å²) in [7, 11) is 0. The van der Waals surface area contributed by atoms with E-state index in [4.69, 9.17) is 5.73 Å². The molecule has 6 heteroatoms. The van der Waals surface area contributed by atoms with Crippen molar-refractivity contribution in [1.29, 1.82) is 0 Å². The quantitative estimate of drug-likeness (QED) is 0.748. The van der Waals surface area contributed by atoms with E-state index in [0.29, 0.717) is 23.3 Å². The zero-order valence-electron chi connectivity index (χ0n) is 10.1. The van der Waals surface area contributed by atoms with E-state index in [9.17, 15) is 14.7 Å². The van der Waals surface area contributed by atoms with E-state index in [0.717, 1.165) is 0 Å². The number of pyridine rings is 1. The number of carbonyl (C=O) groups excluding carboxylic acids is 1. The molecule has 1 aromatic heterocycles. The Morgan fingerprint density at radius 2 is 2.05 bits per heavy atom. The van der Waals surface area contributed by atoms with Crippen molar-refractivity contribution in [2.24, 2.45) is 5.73 Å². The Hall–Kier alpha value is -2.63. The molecule has 98 valence electrons. The average molecular weight is 259 g/mol. The van der Waals surface area contributed by atoms with E-state index in [1.54, 1.807) is 24.3 Å². The van der Waals surface area contributed by atoms with Gasteiger partial charge in [-0.3, -0.25) is 4.79 Å². The number of carbonyl (C=O) groups is 2. The highest BCUT2D eigenvalue weighted by atomic mass is 16.4. The number of para-hydroxylation sites is 1. The van der Waals surface area contributed by atoms with E-state index in [-0.39, 0.29) is 12.0 Å². The first-order chi connectivity index (χ1) is 9.08. The average Bonchev–Trinajstić information content (AvgIpc) is 2.37. The molecule has 0 atom stereocenters. The molecule has 0 bridgehead atoms. The number of aromatic nitrogens is 1. The number of amides is 1. The summed E-state index contributed by atoms with van der Waals surface area (Å²) in [6, 6.07) is 8.44. The molecular weight excluding hydrogens is 246 g/mol. The number of hydrogen-bond donors (Lipinski definition) is 3. The van der Waals surface area contributed by atoms with Crippen molar-refractivity contribution in [2.75, 3.05) is 11.9 Å². The molecule has 1 heterocycles. The van der Waals surface area contributed by atoms with Gasteiger partial charge in [0.25, 0.3) is 0 Å². The fourth-order valence-corrected chi connectivity index (χ4v) is 1.76. The van der Waals surface area contributed by atoms with Crippen molar-refractivity contribution in [3.8, 4) is 0 Å². The number of aromatic carboxylic acids is 1. The molecule has 0 saturated carbocycles. The number of benzene rings is 1. The molecule has 0 spiro atoms. The van der Waals surface area contributed by atoms with Crippen LogP contribution in [0.4, 0.5) is 5.82 Å². The maximum Gasteiger partial charge on any atom is 0.336 e. The minimum absolute atomic E-state index is 0.164. The fraction of sp³-hybridized carbons (Fsp3) is 0.154. The van der Waals surface area contributed by atoms with Gasteiger partial charge in [-0.05, 0) is 12.1 Å². The van der Waals surface area contributed by atoms with Crippen LogP contribution in [0, 0.1) is 0 Å². The largest absolute Gasteiger partial charge is 0.478 e. The van der Waals surface area contributed by atoms with Crippen LogP contribution in [0.3, 0.4) is 0 Å². The van der Waals surface area contributed by atoms with Crippen molar-refractivity contribution in [3.63, 3.8) is 0 Å². The van der Waals surface area contributed by atoms with Gasteiger partial charge < -0.3 is 16.2 Å². The summed E-state index contributed by atoms with van der Waals surface area (Å²) < 4.78 is 0. The molecule has 1 aromatic carbocycles. The number of primary amides is 1. The van der Waals surface area contributed by atoms with Crippen LogP contribution in [0.1, 0.15) is 16.8 Å². The first-order valence-corrected chi connectivity index (χ1v) is 5.73. The maximum atomic E-state index is 11.2. The molecular formula is C13H13N3O3. The van der Waals surface area contributed by atoms with Crippen molar-refractivity contribution < 1.29 is 14.7 Å². The summed E-state index contributed by atoms with van der Waals surface area (Å²) in [6.07, 6.45) is 0.164. The molecule has 0 saturated heterocycles. The van der Waals surface area contributed by atoms with E-state index in [1.807, 2.05) is 0 Å². The standard InChI is InChI=1S/C13H13N3O3/c14-11(17)5-6-15-12-7-9(13(18)19)8-3-1-2-4-10(8)16-12/h1-4,7H,5-6H2,(H2,14,17)(H,15,16)(H,18,19). The Kier molecular flexibility index (Phi) is 3.61. The van der Waals surface area contributed by atoms with Crippen LogP contribution >= 0.6 is 0 Å². The normalized spacial score (nSPS) is 10.3. The molecule has 1 amide bonds. The molecule has 0 radical (unpaired) electrons. The number of carboxylic acids is 1. The Balaban J connectivity index is 2.35. The lowest BCUT2D eigenvalue weighted by Crippen LogP contribution is -2.16. The maximum absolute atomic E-state index is 11.2. The summed E-state index contributed by atoms with van der Waals surface area (Å²) in [6.45, 7) is 0.319. The van der Waals surface area contributed by atoms with E-state index < -0.39 is 11.9 Å². The molecule has 0 aliphatic carbocycles. The number of rotatable bonds is 5. The fourth-order valence-electron chi connectivity index (χ4n) is 1.76. The van der Waals surface area contributed by atoms with Gasteiger partial charge in [-0.2, -0.15) is 0 Å². The van der Waals surface area contributed by atoms with Crippen molar-refractivity contribution in [3.05, 3.63) is 35.9 Å². The van der Waals surface area contributed by atoms with Gasteiger partial charge in [0.1, 0.15) is 5.82 Å². The Morgan fingerprint density at radius 1 is 1.32 bits per heavy atom. The second-order valence-electron chi connectivity index (χ2n) is 4.02. The van der Waals surface area contributed by atoms with Crippen LogP contribution < -0.4 is 11.1 Å². The third kappa shape index (κ3) is 2.98. The van der Waals surface area contributed by atoms with Crippen LogP contribution in [0.2, 0.25) is 0 Å². The Bertz CT molecular complexity index is 640. The van der Waals surface area contributed by atoms with Crippen LogP contribution in [0.5, 0.6) is 0 Å². The summed E-state index contributed by atoms with van der Waals surface area (Å²) in [5.41, 5.74) is 5.79. The third-order valence-electron chi connectivity index (χ3n) is 2.62. The SMILES string of the molecule is NC(=O)CCNc1cc(C(=O)O)c2ccccc2n1. The highest BCUT2D eigenvalue weighted by Gasteiger charge is 2.11. The summed E-state index contributed by atoms with van der Waals surface area (Å²) in [5, 5.41) is 12.7. The number of fused-ring (bicyclic) bond motifs is 1. The van der Waals surface area contributed by atoms with Gasteiger partial charge in [-0.1, -0.05) is 18.2 Å². The monoisotopic (exact) mass is 259 g/mol. The van der Waals surface area contributed by atoms with E-state index >= 15 is 0 Å². The first-order valence-electron chi connectivity index (χ1n) is 5.73. The number of nitrogens with one attached hydrogen (secondary N) is 1. The van der Waals surface area contributed by atoms with Gasteiger partial charge in [0.2, 0.25) is 5.91 Å². The van der Waals surface area contributed by atoms with Gasteiger partial charge in [-0.25, -0.2) is 9.78 Å². The van der Waals surface area contributed by atoms with Crippen molar-refractivity contribution in [2.45, 2.75) is 6.42 Å². The van der Waals surface area contributed by atoms with Crippen molar-refractivity contribution in [1.82, 2.24) is 4.98 Å². The lowest BCUT2D eigenvalue weighted by atomic mass is 10.1. The smallest absolute Gasteiger partial charge is 0.336 e. The first kappa shape index (κ1) is 12.8. The van der Waals surface area contributed by atoms with E-state index in [1.165, 1.54) is 6.07 Å². The molecule has 2 aromatic rings. The van der Waals surface area contributed by atoms with Crippen molar-refractivity contribution >= 4 is 28.6 Å². The number of carboxylic acid groups (broad SMARTS) is 1. The predicted molar refractivity (Wildman–Crippen MR) is 71.0 cm³/mol. The Morgan fingerprint density at radius 3 is 2.74 bits per heavy atom. The van der Waals surface area contributed by atoms with Gasteiger partial charge in [0.05, 0.1) is 11.1 Å². The summed E-state index contributed by atoms with van der Waals surface area (Å²) in [4.78, 5) is 26.2. The lowest BCUT2D eigenvalue weighted by Gasteiger charge is -2.08. The van der Waals surface area contributed by atoms with Crippen LogP contribution in [-0.4, -0.2) is 28.5 Å². The van der Waals surface area contributed by atoms with Gasteiger partial charge in [0.15, 0.2) is 0 Å². The lowest BCUT2D eigenvalue weighted by molar-refractivity contribution is -0.117. The molecule has 4 N–H and O–H groups in total. The van der Waals surface area contributed by atoms with Crippen LogP contribution in [0.15, 0.2) is 30.3 Å². The summed E-state index contributed by atoms with van der Waals surface area (Å²) >= 11 is 0. The minimum atomic E-state index is -1.02. The van der Waals surface area contributed by atoms with Gasteiger partial charge in [-0.15, -0.1) is 0 Å². The van der Waals surface area contributed by atoms with Crippen LogP contribution in [-0.2, 0) is 4.79 Å². The third-order valence-corrected chi connectivity index (χ3v) is 2.62. The van der Waals surface area contributed by atoms with Crippen LogP contribution in [0.25, 0.3) is 10.9 Å². The number of anilines is 1. The zero-order chi connectivity index (χ0) is 13.8. The highest BCUT2D eigenvalue weighted by Crippen LogP contribution is 2.20. The molecule has 6 nitrogen and oxygen atoms in total. The zero-order valence-corrected chi connectivity index (χ0v) is 10.1. The molecule has 0 fully saturated rings. The minimum Gasteiger partial charge on any atom is -0.478 e. The number of nitrogens with two attached hydrogens (primary N) is 1. The predicted octanol–water partition coefficient (Wildman–Crippen LogP) is 1.22. The molecule has 19 heavy (non-hydrogen) atoms. The van der Waals surface area contributed by atoms with Gasteiger partial charge in [0, 0.05) is 18.4 Å². The molecule has 0 aliphatic rings. The second-order valence-corrected chi connectivity index (χ2v) is 4.02. The Labute approximate surface area is 109 Å². The van der Waals surface area contributed by atoms with Gasteiger partial charge >= 0.3 is 5.97 Å². The topological polar surface area (TPSA) is 105 Å². The number of hydrogen-bond acceptors (Lipinski definition) is 4. The summed E-state index contributed by atoms with van der Waals surface area (Å²) in [5.74, 6) is -1.03. The molecule has 0 unspecified atom stereocenters. The molecule has 0 aliphatic heterocycles. The second kappa shape index (κ2) is 5.34. The highest BCUT2D eigenvalue weighted by molar-refractivity contribution is 6.03. The molecule has 2 rings (SSSR count). The van der Waals surface area contributed by atoms with E-state index in [2.05, 4.69) is 10.3 Å².